The number of hydrogen-bond donors (Lipinski definition) is 1. The van der Waals surface area contributed by atoms with E-state index in [1.165, 1.54) is 26.5 Å². The normalized spacial score (nSPS) is 10.9. The summed E-state index contributed by atoms with van der Waals surface area (Å²) in [5, 5.41) is 4.69. The van der Waals surface area contributed by atoms with E-state index in [9.17, 15) is 0 Å². The number of aryl methyl sites for hydroxylation is 2. The van der Waals surface area contributed by atoms with Crippen molar-refractivity contribution >= 4 is 27.2 Å². The van der Waals surface area contributed by atoms with Gasteiger partial charge in [-0.1, -0.05) is 30.3 Å². The average molecular weight is 282 g/mol. The van der Waals surface area contributed by atoms with Crippen LogP contribution in [0.2, 0.25) is 0 Å². The van der Waals surface area contributed by atoms with Crippen LogP contribution in [-0.4, -0.2) is 11.5 Å². The Labute approximate surface area is 123 Å². The highest BCUT2D eigenvalue weighted by atomic mass is 32.1. The summed E-state index contributed by atoms with van der Waals surface area (Å²) in [5.41, 5.74) is 4.91. The second kappa shape index (κ2) is 5.63. The van der Waals surface area contributed by atoms with Gasteiger partial charge in [-0.25, -0.2) is 4.98 Å². The summed E-state index contributed by atoms with van der Waals surface area (Å²) in [7, 11) is 0. The van der Waals surface area contributed by atoms with Crippen LogP contribution in [-0.2, 0) is 6.42 Å². The third kappa shape index (κ3) is 2.68. The number of benzene rings is 2. The molecule has 2 aromatic carbocycles. The predicted molar refractivity (Wildman–Crippen MR) is 87.7 cm³/mol. The number of para-hydroxylation sites is 2. The van der Waals surface area contributed by atoms with E-state index in [0.717, 1.165) is 18.5 Å². The van der Waals surface area contributed by atoms with Crippen LogP contribution in [0.3, 0.4) is 0 Å². The van der Waals surface area contributed by atoms with Crippen molar-refractivity contribution in [2.45, 2.75) is 20.3 Å². The summed E-state index contributed by atoms with van der Waals surface area (Å²) in [6.07, 6.45) is 0.965. The highest BCUT2D eigenvalue weighted by Gasteiger charge is 2.05. The van der Waals surface area contributed by atoms with Crippen LogP contribution >= 0.6 is 11.3 Å². The Morgan fingerprint density at radius 1 is 1.00 bits per heavy atom. The molecule has 0 radical (unpaired) electrons. The molecule has 0 bridgehead atoms. The van der Waals surface area contributed by atoms with Gasteiger partial charge in [0, 0.05) is 18.7 Å². The molecule has 0 amide bonds. The minimum atomic E-state index is 0.920. The Morgan fingerprint density at radius 3 is 2.60 bits per heavy atom. The maximum Gasteiger partial charge on any atom is 0.0956 e. The number of hydrogen-bond acceptors (Lipinski definition) is 3. The van der Waals surface area contributed by atoms with Crippen molar-refractivity contribution < 1.29 is 0 Å². The molecular weight excluding hydrogens is 264 g/mol. The van der Waals surface area contributed by atoms with Gasteiger partial charge in [0.1, 0.15) is 0 Å². The molecule has 20 heavy (non-hydrogen) atoms. The minimum absolute atomic E-state index is 0.920. The van der Waals surface area contributed by atoms with Gasteiger partial charge < -0.3 is 5.32 Å². The molecule has 0 aliphatic carbocycles. The molecule has 0 atom stereocenters. The van der Waals surface area contributed by atoms with E-state index in [2.05, 4.69) is 61.6 Å². The third-order valence-corrected chi connectivity index (χ3v) is 4.54. The average Bonchev–Trinajstić information content (AvgIpc) is 2.85. The number of nitrogens with one attached hydrogen (secondary N) is 1. The Hall–Kier alpha value is -1.87. The number of rotatable bonds is 4. The second-order valence-electron chi connectivity index (χ2n) is 5.02. The lowest BCUT2D eigenvalue weighted by Crippen LogP contribution is -2.05. The Balaban J connectivity index is 1.68. The maximum atomic E-state index is 4.74. The quantitative estimate of drug-likeness (QED) is 0.758. The Bertz CT molecular complexity index is 731. The molecule has 0 fully saturated rings. The van der Waals surface area contributed by atoms with Crippen molar-refractivity contribution in [3.8, 4) is 0 Å². The number of anilines is 1. The predicted octanol–water partition coefficient (Wildman–Crippen LogP) is 4.57. The van der Waals surface area contributed by atoms with Crippen molar-refractivity contribution in [3.63, 3.8) is 0 Å². The Morgan fingerprint density at radius 2 is 1.80 bits per heavy atom. The number of nitrogens with zero attached hydrogens (tertiary/aromatic N) is 1. The summed E-state index contributed by atoms with van der Waals surface area (Å²) in [6.45, 7) is 5.17. The summed E-state index contributed by atoms with van der Waals surface area (Å²) in [6, 6.07) is 14.8. The monoisotopic (exact) mass is 282 g/mol. The van der Waals surface area contributed by atoms with Crippen molar-refractivity contribution in [3.05, 3.63) is 58.6 Å². The van der Waals surface area contributed by atoms with Gasteiger partial charge >= 0.3 is 0 Å². The zero-order chi connectivity index (χ0) is 13.9. The molecule has 102 valence electrons. The van der Waals surface area contributed by atoms with Gasteiger partial charge in [0.05, 0.1) is 15.2 Å². The molecule has 3 heteroatoms. The molecular formula is C17H18N2S. The third-order valence-electron chi connectivity index (χ3n) is 3.46. The van der Waals surface area contributed by atoms with Gasteiger partial charge in [0.2, 0.25) is 0 Å². The van der Waals surface area contributed by atoms with Crippen LogP contribution in [0.25, 0.3) is 10.2 Å². The van der Waals surface area contributed by atoms with E-state index in [-0.39, 0.29) is 0 Å². The standard InChI is InChI=1S/C17H18N2S/c1-12-6-3-4-8-14(12)18-11-10-16-19-17-13(2)7-5-9-15(17)20-16/h3-9,18H,10-11H2,1-2H3. The van der Waals surface area contributed by atoms with Crippen LogP contribution < -0.4 is 5.32 Å². The minimum Gasteiger partial charge on any atom is -0.384 e. The van der Waals surface area contributed by atoms with Crippen LogP contribution in [0, 0.1) is 13.8 Å². The maximum absolute atomic E-state index is 4.74. The fourth-order valence-electron chi connectivity index (χ4n) is 2.31. The molecule has 0 aliphatic heterocycles. The van der Waals surface area contributed by atoms with Crippen molar-refractivity contribution in [1.29, 1.82) is 0 Å². The van der Waals surface area contributed by atoms with E-state index in [4.69, 9.17) is 4.98 Å². The molecule has 1 aromatic heterocycles. The van der Waals surface area contributed by atoms with Crippen LogP contribution in [0.1, 0.15) is 16.1 Å². The highest BCUT2D eigenvalue weighted by molar-refractivity contribution is 7.18. The highest BCUT2D eigenvalue weighted by Crippen LogP contribution is 2.24. The van der Waals surface area contributed by atoms with E-state index < -0.39 is 0 Å². The van der Waals surface area contributed by atoms with Gasteiger partial charge in [0.25, 0.3) is 0 Å². The van der Waals surface area contributed by atoms with Gasteiger partial charge in [-0.15, -0.1) is 11.3 Å². The number of fused-ring (bicyclic) bond motifs is 1. The molecule has 3 aromatic rings. The molecule has 0 spiro atoms. The molecule has 1 heterocycles. The van der Waals surface area contributed by atoms with Gasteiger partial charge in [-0.3, -0.25) is 0 Å². The molecule has 0 aliphatic rings. The number of thiazole rings is 1. The summed E-state index contributed by atoms with van der Waals surface area (Å²) in [5.74, 6) is 0. The van der Waals surface area contributed by atoms with Crippen LogP contribution in [0.4, 0.5) is 5.69 Å². The molecule has 0 saturated heterocycles. The van der Waals surface area contributed by atoms with Crippen LogP contribution in [0.5, 0.6) is 0 Å². The smallest absolute Gasteiger partial charge is 0.0956 e. The van der Waals surface area contributed by atoms with Crippen molar-refractivity contribution in [2.75, 3.05) is 11.9 Å². The lowest BCUT2D eigenvalue weighted by Gasteiger charge is -2.07. The largest absolute Gasteiger partial charge is 0.384 e. The summed E-state index contributed by atoms with van der Waals surface area (Å²) >= 11 is 1.80. The summed E-state index contributed by atoms with van der Waals surface area (Å²) in [4.78, 5) is 4.74. The fraction of sp³-hybridized carbons (Fsp3) is 0.235. The van der Waals surface area contributed by atoms with Gasteiger partial charge in [-0.05, 0) is 37.1 Å². The van der Waals surface area contributed by atoms with Gasteiger partial charge in [0.15, 0.2) is 0 Å². The molecule has 2 nitrogen and oxygen atoms in total. The van der Waals surface area contributed by atoms with Gasteiger partial charge in [-0.2, -0.15) is 0 Å². The second-order valence-corrected chi connectivity index (χ2v) is 6.14. The molecule has 3 rings (SSSR count). The van der Waals surface area contributed by atoms with Crippen LogP contribution in [0.15, 0.2) is 42.5 Å². The number of aromatic nitrogens is 1. The van der Waals surface area contributed by atoms with E-state index >= 15 is 0 Å². The fourth-order valence-corrected chi connectivity index (χ4v) is 3.36. The van der Waals surface area contributed by atoms with E-state index in [0.29, 0.717) is 0 Å². The van der Waals surface area contributed by atoms with Crippen molar-refractivity contribution in [2.24, 2.45) is 0 Å². The van der Waals surface area contributed by atoms with E-state index in [1.54, 1.807) is 11.3 Å². The molecule has 1 N–H and O–H groups in total. The molecule has 0 saturated carbocycles. The first kappa shape index (κ1) is 13.1. The zero-order valence-electron chi connectivity index (χ0n) is 11.8. The zero-order valence-corrected chi connectivity index (χ0v) is 12.6. The van der Waals surface area contributed by atoms with E-state index in [1.807, 2.05) is 0 Å². The summed E-state index contributed by atoms with van der Waals surface area (Å²) < 4.78 is 1.29. The lowest BCUT2D eigenvalue weighted by molar-refractivity contribution is 1.00. The molecule has 0 unspecified atom stereocenters. The van der Waals surface area contributed by atoms with Crippen molar-refractivity contribution in [1.82, 2.24) is 4.98 Å². The SMILES string of the molecule is Cc1ccccc1NCCc1nc2c(C)cccc2s1. The first-order valence-electron chi connectivity index (χ1n) is 6.88. The first-order chi connectivity index (χ1) is 9.74. The first-order valence-corrected chi connectivity index (χ1v) is 7.70. The lowest BCUT2D eigenvalue weighted by atomic mass is 10.2. The Kier molecular flexibility index (Phi) is 3.70. The topological polar surface area (TPSA) is 24.9 Å².